The molecule has 3 aliphatic rings. The normalized spacial score (nSPS) is 18.3. The van der Waals surface area contributed by atoms with E-state index in [2.05, 4.69) is 25.8 Å². The quantitative estimate of drug-likeness (QED) is 0.235. The first-order valence-electron chi connectivity index (χ1n) is 15.2. The van der Waals surface area contributed by atoms with Crippen molar-refractivity contribution in [2.75, 3.05) is 40.0 Å². The summed E-state index contributed by atoms with van der Waals surface area (Å²) in [6.45, 7) is 1.48. The number of aliphatic hydroxyl groups is 1. The number of aromatic nitrogens is 1. The number of rotatable bonds is 7. The minimum Gasteiger partial charge on any atom is -0.497 e. The van der Waals surface area contributed by atoms with Gasteiger partial charge in [0.2, 0.25) is 0 Å². The zero-order valence-electron chi connectivity index (χ0n) is 25.7. The predicted molar refractivity (Wildman–Crippen MR) is 175 cm³/mol. The summed E-state index contributed by atoms with van der Waals surface area (Å²) in [4.78, 5) is 46.9. The molecule has 0 spiro atoms. The Labute approximate surface area is 275 Å². The molecule has 244 valence electrons. The first-order valence-corrected chi connectivity index (χ1v) is 16.0. The van der Waals surface area contributed by atoms with Crippen LogP contribution in [0.2, 0.25) is 0 Å². The third-order valence-electron chi connectivity index (χ3n) is 7.81. The zero-order valence-corrected chi connectivity index (χ0v) is 26.5. The lowest BCUT2D eigenvalue weighted by Crippen LogP contribution is -2.45. The van der Waals surface area contributed by atoms with Crippen molar-refractivity contribution in [3.63, 3.8) is 0 Å². The van der Waals surface area contributed by atoms with Gasteiger partial charge in [-0.25, -0.2) is 4.98 Å². The van der Waals surface area contributed by atoms with Gasteiger partial charge in [0.15, 0.2) is 6.61 Å². The standard InChI is InChI=1S/C34H35N5O7S/c1-44-26-4-2-3-22(12-26)34-37-16-28(47-34)17-39-18-29-30(19-39)46-25-7-5-21(6-8-25)15-36-31(41)20-45-27-13-23(32(42)35-9-10-40)11-24(14-27)33(43)38-29/h2-8,11-14,16,29-30,40H,9-10,15,17-20H2,1H3,(H,35,42)(H,36,41)(H,38,43)/t29-,30-/m0/s1. The van der Waals surface area contributed by atoms with E-state index in [-0.39, 0.29) is 54.7 Å². The first-order chi connectivity index (χ1) is 22.9. The van der Waals surface area contributed by atoms with Crippen molar-refractivity contribution in [2.45, 2.75) is 25.2 Å². The van der Waals surface area contributed by atoms with Crippen LogP contribution < -0.4 is 30.2 Å². The number of thiazole rings is 1. The van der Waals surface area contributed by atoms with Crippen molar-refractivity contribution in [2.24, 2.45) is 0 Å². The number of carbonyl (C=O) groups excluding carboxylic acids is 3. The molecule has 0 radical (unpaired) electrons. The van der Waals surface area contributed by atoms with Crippen molar-refractivity contribution in [3.8, 4) is 27.8 Å². The molecule has 4 aromatic rings. The number of likely N-dealkylation sites (tertiary alicyclic amines) is 1. The molecule has 2 atom stereocenters. The Morgan fingerprint density at radius 2 is 1.94 bits per heavy atom. The summed E-state index contributed by atoms with van der Waals surface area (Å²) in [7, 11) is 1.64. The molecule has 7 rings (SSSR count). The molecule has 3 aromatic carbocycles. The van der Waals surface area contributed by atoms with Gasteiger partial charge in [-0.1, -0.05) is 24.3 Å². The summed E-state index contributed by atoms with van der Waals surface area (Å²) in [6.07, 6.45) is 1.50. The molecule has 12 nitrogen and oxygen atoms in total. The molecule has 0 aliphatic carbocycles. The summed E-state index contributed by atoms with van der Waals surface area (Å²) in [5, 5.41) is 18.6. The summed E-state index contributed by atoms with van der Waals surface area (Å²) in [6, 6.07) is 19.3. The fourth-order valence-corrected chi connectivity index (χ4v) is 6.41. The molecule has 4 N–H and O–H groups in total. The fourth-order valence-electron chi connectivity index (χ4n) is 5.46. The molecule has 47 heavy (non-hydrogen) atoms. The Kier molecular flexibility index (Phi) is 9.95. The number of aliphatic hydroxyl groups excluding tert-OH is 1. The smallest absolute Gasteiger partial charge is 0.258 e. The number of hydrogen-bond acceptors (Lipinski definition) is 10. The summed E-state index contributed by atoms with van der Waals surface area (Å²) in [5.41, 5.74) is 2.21. The molecule has 3 amide bonds. The van der Waals surface area contributed by atoms with E-state index in [1.54, 1.807) is 18.4 Å². The Hall–Kier alpha value is -4.98. The van der Waals surface area contributed by atoms with Gasteiger partial charge in [0.1, 0.15) is 28.4 Å². The van der Waals surface area contributed by atoms with Crippen LogP contribution in [0.3, 0.4) is 0 Å². The van der Waals surface area contributed by atoms with Crippen LogP contribution in [0.15, 0.2) is 72.9 Å². The van der Waals surface area contributed by atoms with E-state index >= 15 is 0 Å². The summed E-state index contributed by atoms with van der Waals surface area (Å²) >= 11 is 1.60. The van der Waals surface area contributed by atoms with Crippen molar-refractivity contribution >= 4 is 29.1 Å². The molecular weight excluding hydrogens is 622 g/mol. The third-order valence-corrected chi connectivity index (χ3v) is 8.84. The van der Waals surface area contributed by atoms with Crippen LogP contribution in [0.5, 0.6) is 17.2 Å². The van der Waals surface area contributed by atoms with Crippen LogP contribution in [0, 0.1) is 0 Å². The van der Waals surface area contributed by atoms with Crippen LogP contribution in [0.25, 0.3) is 10.6 Å². The number of nitrogens with one attached hydrogen (secondary N) is 3. The van der Waals surface area contributed by atoms with E-state index in [4.69, 9.17) is 19.3 Å². The topological polar surface area (TPSA) is 151 Å². The Bertz CT molecular complexity index is 1740. The largest absolute Gasteiger partial charge is 0.497 e. The minimum atomic E-state index is -0.485. The average molecular weight is 658 g/mol. The number of benzene rings is 3. The molecule has 13 heteroatoms. The number of nitrogens with zero attached hydrogens (tertiary/aromatic N) is 2. The second-order valence-electron chi connectivity index (χ2n) is 11.2. The van der Waals surface area contributed by atoms with Gasteiger partial charge in [0, 0.05) is 60.5 Å². The number of carbonyl (C=O) groups is 3. The lowest BCUT2D eigenvalue weighted by Gasteiger charge is -2.22. The van der Waals surface area contributed by atoms with Crippen LogP contribution in [0.1, 0.15) is 31.2 Å². The fraction of sp³-hybridized carbons (Fsp3) is 0.294. The Balaban J connectivity index is 1.25. The first kappa shape index (κ1) is 32.0. The van der Waals surface area contributed by atoms with Gasteiger partial charge in [-0.2, -0.15) is 0 Å². The zero-order chi connectivity index (χ0) is 32.8. The van der Waals surface area contributed by atoms with Crippen LogP contribution in [0.4, 0.5) is 0 Å². The van der Waals surface area contributed by atoms with E-state index in [0.717, 1.165) is 26.8 Å². The highest BCUT2D eigenvalue weighted by molar-refractivity contribution is 7.15. The maximum Gasteiger partial charge on any atom is 0.258 e. The van der Waals surface area contributed by atoms with E-state index in [0.29, 0.717) is 31.9 Å². The van der Waals surface area contributed by atoms with Crippen molar-refractivity contribution in [1.82, 2.24) is 25.8 Å². The molecule has 1 aromatic heterocycles. The number of amides is 3. The van der Waals surface area contributed by atoms with E-state index in [1.807, 2.05) is 54.7 Å². The molecule has 1 fully saturated rings. The molecular formula is C34H35N5O7S. The highest BCUT2D eigenvalue weighted by atomic mass is 32.1. The SMILES string of the molecule is COc1cccc(-c2ncc(CN3C[C@@H]4NC(=O)c5cc(cc(C(=O)NCCO)c5)OCC(=O)NCc5ccc(cc5)O[C@H]4C3)s2)c1. The average Bonchev–Trinajstić information content (AvgIpc) is 3.71. The highest BCUT2D eigenvalue weighted by Gasteiger charge is 2.36. The Morgan fingerprint density at radius 1 is 1.09 bits per heavy atom. The molecule has 4 heterocycles. The second kappa shape index (κ2) is 14.6. The summed E-state index contributed by atoms with van der Waals surface area (Å²) < 4.78 is 17.5. The number of methoxy groups -OCH3 is 1. The second-order valence-corrected chi connectivity index (χ2v) is 12.3. The minimum absolute atomic E-state index is 0.0469. The van der Waals surface area contributed by atoms with E-state index in [1.165, 1.54) is 18.2 Å². The maximum absolute atomic E-state index is 13.7. The van der Waals surface area contributed by atoms with Crippen LogP contribution in [-0.4, -0.2) is 84.8 Å². The van der Waals surface area contributed by atoms with Gasteiger partial charge in [-0.05, 0) is 48.0 Å². The molecule has 0 saturated carbocycles. The van der Waals surface area contributed by atoms with Gasteiger partial charge < -0.3 is 35.3 Å². The lowest BCUT2D eigenvalue weighted by molar-refractivity contribution is -0.123. The third kappa shape index (κ3) is 8.06. The van der Waals surface area contributed by atoms with Gasteiger partial charge in [0.05, 0.1) is 19.8 Å². The van der Waals surface area contributed by atoms with Gasteiger partial charge in [-0.3, -0.25) is 19.3 Å². The lowest BCUT2D eigenvalue weighted by atomic mass is 10.1. The molecule has 3 aliphatic heterocycles. The molecule has 0 unspecified atom stereocenters. The monoisotopic (exact) mass is 657 g/mol. The van der Waals surface area contributed by atoms with Crippen molar-refractivity contribution in [3.05, 3.63) is 94.5 Å². The van der Waals surface area contributed by atoms with Gasteiger partial charge >= 0.3 is 0 Å². The number of ether oxygens (including phenoxy) is 3. The molecule has 1 saturated heterocycles. The van der Waals surface area contributed by atoms with Crippen LogP contribution in [-0.2, 0) is 17.9 Å². The predicted octanol–water partition coefficient (Wildman–Crippen LogP) is 2.61. The van der Waals surface area contributed by atoms with Crippen molar-refractivity contribution < 1.29 is 33.7 Å². The number of fused-ring (bicyclic) bond motifs is 7. The van der Waals surface area contributed by atoms with E-state index < -0.39 is 11.8 Å². The van der Waals surface area contributed by atoms with Gasteiger partial charge in [0.25, 0.3) is 17.7 Å². The van der Waals surface area contributed by atoms with Gasteiger partial charge in [-0.15, -0.1) is 11.3 Å². The number of hydrogen-bond donors (Lipinski definition) is 4. The van der Waals surface area contributed by atoms with E-state index in [9.17, 15) is 14.4 Å². The Morgan fingerprint density at radius 3 is 2.74 bits per heavy atom. The summed E-state index contributed by atoms with van der Waals surface area (Å²) in [5.74, 6) is 0.329. The molecule has 4 bridgehead atoms. The highest BCUT2D eigenvalue weighted by Crippen LogP contribution is 2.30. The van der Waals surface area contributed by atoms with Crippen molar-refractivity contribution in [1.29, 1.82) is 0 Å². The van der Waals surface area contributed by atoms with Crippen LogP contribution >= 0.6 is 11.3 Å². The maximum atomic E-state index is 13.7.